The number of Topliss-reactive ketones (excluding diaryl/α,β-unsaturated/α-hetero) is 1. The van der Waals surface area contributed by atoms with Crippen molar-refractivity contribution in [3.05, 3.63) is 11.6 Å². The predicted molar refractivity (Wildman–Crippen MR) is 53.7 cm³/mol. The molecule has 0 aliphatic carbocycles. The molecule has 0 amide bonds. The second-order valence-electron chi connectivity index (χ2n) is 1.93. The Hall–Kier alpha value is 0.135. The zero-order valence-electron chi connectivity index (χ0n) is 5.57. The normalized spacial score (nSPS) is 10.0. The van der Waals surface area contributed by atoms with E-state index >= 15 is 0 Å². The van der Waals surface area contributed by atoms with Crippen molar-refractivity contribution in [2.45, 2.75) is 14.7 Å². The number of carbonyl (C=O) groups excluding carboxylic acids is 1. The zero-order chi connectivity index (χ0) is 8.43. The van der Waals surface area contributed by atoms with Gasteiger partial charge >= 0.3 is 0 Å². The topological polar surface area (TPSA) is 17.1 Å². The summed E-state index contributed by atoms with van der Waals surface area (Å²) in [6, 6.07) is 1.69. The summed E-state index contributed by atoms with van der Waals surface area (Å²) in [5, 5.41) is 0. The van der Waals surface area contributed by atoms with Gasteiger partial charge in [0.1, 0.15) is 0 Å². The van der Waals surface area contributed by atoms with Crippen molar-refractivity contribution in [1.82, 2.24) is 0 Å². The average molecular weight is 200 g/mol. The van der Waals surface area contributed by atoms with Gasteiger partial charge in [-0.2, -0.15) is 0 Å². The average Bonchev–Trinajstić information content (AvgIpc) is 2.28. The number of hydrogen-bond acceptors (Lipinski definition) is 4. The van der Waals surface area contributed by atoms with Crippen molar-refractivity contribution >= 4 is 50.2 Å². The van der Waals surface area contributed by atoms with Crippen LogP contribution in [0.4, 0.5) is 0 Å². The van der Waals surface area contributed by atoms with Crippen LogP contribution in [0.3, 0.4) is 0 Å². The molecule has 0 aromatic carbocycles. The molecule has 1 heterocycles. The molecule has 0 aliphatic heterocycles. The quantitative estimate of drug-likeness (QED) is 0.424. The molecule has 1 rings (SSSR count). The Kier molecular flexibility index (Phi) is 3.10. The van der Waals surface area contributed by atoms with Crippen LogP contribution in [-0.4, -0.2) is 13.6 Å². The van der Waals surface area contributed by atoms with Gasteiger partial charge in [-0.3, -0.25) is 4.79 Å². The number of ketones is 1. The minimum Gasteiger partial charge on any atom is -0.295 e. The van der Waals surface area contributed by atoms with Crippen molar-refractivity contribution in [1.29, 1.82) is 0 Å². The molecule has 1 nitrogen and oxygen atoms in total. The van der Waals surface area contributed by atoms with Crippen LogP contribution < -0.4 is 0 Å². The van der Waals surface area contributed by atoms with Crippen LogP contribution in [0, 0.1) is 0 Å². The summed E-state index contributed by atoms with van der Waals surface area (Å²) in [4.78, 5) is 11.0. The number of rotatable bonds is 2. The first-order chi connectivity index (χ1) is 5.15. The first-order valence-electron chi connectivity index (χ1n) is 2.90. The van der Waals surface area contributed by atoms with E-state index in [1.54, 1.807) is 6.07 Å². The van der Waals surface area contributed by atoms with E-state index in [2.05, 4.69) is 25.3 Å². The van der Waals surface area contributed by atoms with Crippen molar-refractivity contribution < 1.29 is 4.79 Å². The summed E-state index contributed by atoms with van der Waals surface area (Å²) < 4.78 is 1.47. The van der Waals surface area contributed by atoms with Gasteiger partial charge in [-0.05, 0) is 12.4 Å². The number of carbonyl (C=O) groups is 1. The molecular formula is C6H5BOS3. The third-order valence-electron chi connectivity index (χ3n) is 1.19. The lowest BCUT2D eigenvalue weighted by atomic mass is 9.98. The molecule has 0 saturated carbocycles. The van der Waals surface area contributed by atoms with E-state index in [1.807, 2.05) is 0 Å². The first kappa shape index (κ1) is 9.22. The molecule has 0 spiro atoms. The lowest BCUT2D eigenvalue weighted by Gasteiger charge is -1.91. The lowest BCUT2D eigenvalue weighted by molar-refractivity contribution is 0.101. The maximum Gasteiger partial charge on any atom is 0.156 e. The summed E-state index contributed by atoms with van der Waals surface area (Å²) in [6.45, 7) is 0. The van der Waals surface area contributed by atoms with E-state index in [-0.39, 0.29) is 12.1 Å². The van der Waals surface area contributed by atoms with Crippen LogP contribution in [0.15, 0.2) is 14.5 Å². The molecule has 0 saturated heterocycles. The lowest BCUT2D eigenvalue weighted by Crippen LogP contribution is -1.95. The minimum atomic E-state index is -0.0912. The highest BCUT2D eigenvalue weighted by atomic mass is 32.2. The monoisotopic (exact) mass is 200 g/mol. The van der Waals surface area contributed by atoms with Gasteiger partial charge in [-0.15, -0.1) is 36.6 Å². The molecule has 2 radical (unpaired) electrons. The summed E-state index contributed by atoms with van der Waals surface area (Å²) >= 11 is 9.56. The van der Waals surface area contributed by atoms with Crippen LogP contribution in [0.2, 0.25) is 6.32 Å². The molecule has 0 N–H and O–H groups in total. The summed E-state index contributed by atoms with van der Waals surface area (Å²) in [5.74, 6) is -0.0912. The molecular weight excluding hydrogens is 195 g/mol. The molecule has 1 aromatic rings. The van der Waals surface area contributed by atoms with E-state index in [9.17, 15) is 4.79 Å². The summed E-state index contributed by atoms with van der Waals surface area (Å²) in [7, 11) is 5.18. The highest BCUT2D eigenvalue weighted by molar-refractivity contribution is 7.85. The molecule has 0 unspecified atom stereocenters. The molecule has 11 heavy (non-hydrogen) atoms. The van der Waals surface area contributed by atoms with Gasteiger partial charge < -0.3 is 0 Å². The van der Waals surface area contributed by atoms with E-state index in [0.717, 1.165) is 4.21 Å². The fourth-order valence-electron chi connectivity index (χ4n) is 0.678. The fourth-order valence-corrected chi connectivity index (χ4v) is 2.44. The molecule has 56 valence electrons. The van der Waals surface area contributed by atoms with Crippen molar-refractivity contribution in [2.75, 3.05) is 0 Å². The van der Waals surface area contributed by atoms with Gasteiger partial charge in [0.25, 0.3) is 0 Å². The third kappa shape index (κ3) is 2.04. The first-order valence-corrected chi connectivity index (χ1v) is 4.61. The number of thiol groups is 2. The van der Waals surface area contributed by atoms with Gasteiger partial charge in [0.2, 0.25) is 0 Å². The van der Waals surface area contributed by atoms with Gasteiger partial charge in [0, 0.05) is 5.56 Å². The van der Waals surface area contributed by atoms with E-state index < -0.39 is 0 Å². The number of thiophene rings is 1. The standard InChI is InChI=1S/C6H5BOS3/c7-2-4(8)3-1-5(9)11-6(3)10/h1,9-10H,2H2. The largest absolute Gasteiger partial charge is 0.295 e. The van der Waals surface area contributed by atoms with Crippen molar-refractivity contribution in [3.63, 3.8) is 0 Å². The molecule has 0 bridgehead atoms. The second kappa shape index (κ2) is 3.69. The van der Waals surface area contributed by atoms with Crippen molar-refractivity contribution in [3.8, 4) is 0 Å². The van der Waals surface area contributed by atoms with Gasteiger partial charge in [-0.1, -0.05) is 0 Å². The van der Waals surface area contributed by atoms with Crippen LogP contribution in [0.1, 0.15) is 10.4 Å². The molecule has 0 atom stereocenters. The molecule has 5 heteroatoms. The van der Waals surface area contributed by atoms with Crippen molar-refractivity contribution in [2.24, 2.45) is 0 Å². The summed E-state index contributed by atoms with van der Waals surface area (Å²) in [5.41, 5.74) is 0.575. The van der Waals surface area contributed by atoms with Gasteiger partial charge in [-0.25, -0.2) is 0 Å². The predicted octanol–water partition coefficient (Wildman–Crippen LogP) is 2.10. The van der Waals surface area contributed by atoms with Gasteiger partial charge in [0.05, 0.1) is 16.3 Å². The number of hydrogen-bond donors (Lipinski definition) is 2. The summed E-state index contributed by atoms with van der Waals surface area (Å²) in [6.07, 6.45) is 0.0253. The fraction of sp³-hybridized carbons (Fsp3) is 0.167. The highest BCUT2D eigenvalue weighted by Gasteiger charge is 2.09. The zero-order valence-corrected chi connectivity index (χ0v) is 8.18. The Labute approximate surface area is 81.4 Å². The maximum absolute atomic E-state index is 11.0. The molecule has 0 aliphatic rings. The van der Waals surface area contributed by atoms with E-state index in [0.29, 0.717) is 9.77 Å². The SMILES string of the molecule is [B]CC(=O)c1cc(S)sc1S. The Morgan fingerprint density at radius 3 is 2.64 bits per heavy atom. The third-order valence-corrected chi connectivity index (χ3v) is 2.84. The van der Waals surface area contributed by atoms with Crippen LogP contribution >= 0.6 is 36.6 Å². The highest BCUT2D eigenvalue weighted by Crippen LogP contribution is 2.28. The Bertz CT molecular complexity index is 281. The van der Waals surface area contributed by atoms with Gasteiger partial charge in [0.15, 0.2) is 5.78 Å². The Balaban J connectivity index is 3.03. The smallest absolute Gasteiger partial charge is 0.156 e. The second-order valence-corrected chi connectivity index (χ2v) is 4.52. The molecule has 0 fully saturated rings. The van der Waals surface area contributed by atoms with Crippen LogP contribution in [-0.2, 0) is 0 Å². The molecule has 1 aromatic heterocycles. The van der Waals surface area contributed by atoms with E-state index in [1.165, 1.54) is 11.3 Å². The minimum absolute atomic E-state index is 0.0253. The Morgan fingerprint density at radius 1 is 1.64 bits per heavy atom. The van der Waals surface area contributed by atoms with E-state index in [4.69, 9.17) is 7.85 Å². The maximum atomic E-state index is 11.0. The van der Waals surface area contributed by atoms with Crippen LogP contribution in [0.5, 0.6) is 0 Å². The Morgan fingerprint density at radius 2 is 2.27 bits per heavy atom. The van der Waals surface area contributed by atoms with Crippen LogP contribution in [0.25, 0.3) is 0 Å².